The summed E-state index contributed by atoms with van der Waals surface area (Å²) in [6.07, 6.45) is 8.28. The van der Waals surface area contributed by atoms with E-state index in [2.05, 4.69) is 0 Å². The molecule has 4 heteroatoms. The van der Waals surface area contributed by atoms with Crippen LogP contribution in [0.4, 0.5) is 0 Å². The quantitative estimate of drug-likeness (QED) is 0.637. The lowest BCUT2D eigenvalue weighted by molar-refractivity contribution is 0.183. The number of fused-ring (bicyclic) bond motifs is 4. The average molecular weight is 318 g/mol. The van der Waals surface area contributed by atoms with Gasteiger partial charge < -0.3 is 13.6 Å². The minimum Gasteiger partial charge on any atom is -0.484 e. The highest BCUT2D eigenvalue weighted by Crippen LogP contribution is 2.41. The third-order valence-electron chi connectivity index (χ3n) is 4.69. The number of rotatable bonds is 1. The van der Waals surface area contributed by atoms with E-state index in [0.29, 0.717) is 23.3 Å². The standard InChI is InChI=1S/C20H14O4/c21-20-16-11-15-12(10-13-4-3-9-22-13)7-8-18(15)23-19(16)14-5-1-2-6-17(14)24-20/h1-10,15,18H,11H2/b12-10+/t15-,18+/m1/s1. The van der Waals surface area contributed by atoms with Crippen molar-refractivity contribution in [1.29, 1.82) is 0 Å². The number of hydrogen-bond donors (Lipinski definition) is 0. The van der Waals surface area contributed by atoms with Crippen molar-refractivity contribution in [2.45, 2.75) is 12.5 Å². The molecule has 5 rings (SSSR count). The number of para-hydroxylation sites is 1. The van der Waals surface area contributed by atoms with Crippen molar-refractivity contribution in [3.8, 4) is 5.75 Å². The van der Waals surface area contributed by atoms with Crippen molar-refractivity contribution in [3.63, 3.8) is 0 Å². The van der Waals surface area contributed by atoms with Crippen LogP contribution in [0.2, 0.25) is 0 Å². The molecule has 1 aliphatic heterocycles. The molecule has 1 aromatic carbocycles. The minimum atomic E-state index is -0.314. The van der Waals surface area contributed by atoms with Gasteiger partial charge >= 0.3 is 5.63 Å². The van der Waals surface area contributed by atoms with Crippen LogP contribution in [0.1, 0.15) is 11.3 Å². The number of hydrogen-bond acceptors (Lipinski definition) is 4. The molecule has 0 saturated heterocycles. The van der Waals surface area contributed by atoms with E-state index < -0.39 is 0 Å². The largest absolute Gasteiger partial charge is 0.484 e. The molecule has 0 fully saturated rings. The van der Waals surface area contributed by atoms with Gasteiger partial charge in [0.1, 0.15) is 23.2 Å². The fourth-order valence-electron chi connectivity index (χ4n) is 3.53. The van der Waals surface area contributed by atoms with Crippen LogP contribution in [0.15, 0.2) is 74.0 Å². The van der Waals surface area contributed by atoms with E-state index in [4.69, 9.17) is 13.6 Å². The molecule has 118 valence electrons. The van der Waals surface area contributed by atoms with Crippen LogP contribution < -0.4 is 10.4 Å². The Balaban J connectivity index is 1.62. The third kappa shape index (κ3) is 1.96. The average Bonchev–Trinajstić information content (AvgIpc) is 3.24. The maximum atomic E-state index is 12.4. The lowest BCUT2D eigenvalue weighted by atomic mass is 9.89. The van der Waals surface area contributed by atoms with Crippen molar-refractivity contribution in [2.24, 2.45) is 5.92 Å². The van der Waals surface area contributed by atoms with E-state index in [9.17, 15) is 4.79 Å². The van der Waals surface area contributed by atoms with Gasteiger partial charge in [-0.05, 0) is 48.4 Å². The zero-order chi connectivity index (χ0) is 16.1. The second-order valence-electron chi connectivity index (χ2n) is 6.11. The van der Waals surface area contributed by atoms with Crippen LogP contribution in [0, 0.1) is 5.92 Å². The van der Waals surface area contributed by atoms with Crippen LogP contribution in [0.3, 0.4) is 0 Å². The first-order chi connectivity index (χ1) is 11.8. The Morgan fingerprint density at radius 3 is 2.92 bits per heavy atom. The maximum absolute atomic E-state index is 12.4. The van der Waals surface area contributed by atoms with Gasteiger partial charge in [0.2, 0.25) is 0 Å². The predicted molar refractivity (Wildman–Crippen MR) is 89.9 cm³/mol. The summed E-state index contributed by atoms with van der Waals surface area (Å²) in [5.74, 6) is 1.56. The number of furan rings is 1. The summed E-state index contributed by atoms with van der Waals surface area (Å²) >= 11 is 0. The molecule has 0 radical (unpaired) electrons. The Kier molecular flexibility index (Phi) is 2.80. The van der Waals surface area contributed by atoms with Gasteiger partial charge in [0, 0.05) is 5.92 Å². The summed E-state index contributed by atoms with van der Waals surface area (Å²) in [6.45, 7) is 0. The molecule has 0 N–H and O–H groups in total. The normalized spacial score (nSPS) is 23.2. The monoisotopic (exact) mass is 318 g/mol. The third-order valence-corrected chi connectivity index (χ3v) is 4.69. The summed E-state index contributed by atoms with van der Waals surface area (Å²) in [7, 11) is 0. The smallest absolute Gasteiger partial charge is 0.343 e. The van der Waals surface area contributed by atoms with Crippen LogP contribution in [0.25, 0.3) is 17.0 Å². The maximum Gasteiger partial charge on any atom is 0.343 e. The highest BCUT2D eigenvalue weighted by molar-refractivity contribution is 5.84. The number of benzene rings is 1. The van der Waals surface area contributed by atoms with Crippen LogP contribution in [0.5, 0.6) is 5.75 Å². The molecule has 0 amide bonds. The molecule has 0 spiro atoms. The summed E-state index contributed by atoms with van der Waals surface area (Å²) in [5.41, 5.74) is 1.97. The molecule has 1 aliphatic carbocycles. The van der Waals surface area contributed by atoms with Gasteiger partial charge in [0.15, 0.2) is 0 Å². The van der Waals surface area contributed by atoms with Gasteiger partial charge in [-0.15, -0.1) is 0 Å². The van der Waals surface area contributed by atoms with Gasteiger partial charge in [-0.1, -0.05) is 18.2 Å². The summed E-state index contributed by atoms with van der Waals surface area (Å²) in [4.78, 5) is 12.4. The Morgan fingerprint density at radius 1 is 1.12 bits per heavy atom. The van der Waals surface area contributed by atoms with Crippen molar-refractivity contribution >= 4 is 17.0 Å². The van der Waals surface area contributed by atoms with Gasteiger partial charge in [-0.2, -0.15) is 0 Å². The predicted octanol–water partition coefficient (Wildman–Crippen LogP) is 3.96. The molecular weight excluding hydrogens is 304 g/mol. The lowest BCUT2D eigenvalue weighted by Crippen LogP contribution is -2.32. The molecule has 0 bridgehead atoms. The molecular formula is C20H14O4. The first kappa shape index (κ1) is 13.4. The topological polar surface area (TPSA) is 52.6 Å². The highest BCUT2D eigenvalue weighted by atomic mass is 16.5. The Hall–Kier alpha value is -3.01. The first-order valence-electron chi connectivity index (χ1n) is 7.94. The molecule has 24 heavy (non-hydrogen) atoms. The molecule has 3 heterocycles. The van der Waals surface area contributed by atoms with E-state index >= 15 is 0 Å². The zero-order valence-electron chi connectivity index (χ0n) is 12.8. The Morgan fingerprint density at radius 2 is 2.04 bits per heavy atom. The molecule has 2 aromatic heterocycles. The van der Waals surface area contributed by atoms with Crippen LogP contribution >= 0.6 is 0 Å². The summed E-state index contributed by atoms with van der Waals surface area (Å²) < 4.78 is 17.0. The van der Waals surface area contributed by atoms with E-state index in [-0.39, 0.29) is 17.6 Å². The van der Waals surface area contributed by atoms with Gasteiger partial charge in [-0.3, -0.25) is 0 Å². The second kappa shape index (κ2) is 4.99. The highest BCUT2D eigenvalue weighted by Gasteiger charge is 2.36. The van der Waals surface area contributed by atoms with Crippen molar-refractivity contribution in [2.75, 3.05) is 0 Å². The van der Waals surface area contributed by atoms with E-state index in [1.807, 2.05) is 48.6 Å². The van der Waals surface area contributed by atoms with Gasteiger partial charge in [-0.25, -0.2) is 4.79 Å². The zero-order valence-corrected chi connectivity index (χ0v) is 12.8. The van der Waals surface area contributed by atoms with E-state index in [0.717, 1.165) is 16.7 Å². The molecule has 4 nitrogen and oxygen atoms in total. The van der Waals surface area contributed by atoms with Gasteiger partial charge in [0.25, 0.3) is 0 Å². The molecule has 2 atom stereocenters. The number of allylic oxidation sites excluding steroid dienone is 1. The summed E-state index contributed by atoms with van der Waals surface area (Å²) in [6, 6.07) is 11.3. The Labute approximate surface area is 137 Å². The SMILES string of the molecule is O=c1oc2ccccc2c2c1C[C@@H]1/C(=C/c3ccco3)C=C[C@@H]1O2. The van der Waals surface area contributed by atoms with Crippen LogP contribution in [-0.4, -0.2) is 6.10 Å². The molecule has 3 aromatic rings. The Bertz CT molecular complexity index is 1040. The first-order valence-corrected chi connectivity index (χ1v) is 7.94. The molecule has 2 aliphatic rings. The molecule has 0 unspecified atom stereocenters. The fraction of sp³-hybridized carbons (Fsp3) is 0.150. The van der Waals surface area contributed by atoms with Crippen molar-refractivity contribution in [3.05, 3.63) is 82.1 Å². The van der Waals surface area contributed by atoms with Gasteiger partial charge in [0.05, 0.1) is 17.2 Å². The molecule has 0 saturated carbocycles. The van der Waals surface area contributed by atoms with E-state index in [1.165, 1.54) is 0 Å². The van der Waals surface area contributed by atoms with E-state index in [1.54, 1.807) is 12.3 Å². The van der Waals surface area contributed by atoms with Crippen molar-refractivity contribution < 1.29 is 13.6 Å². The fourth-order valence-corrected chi connectivity index (χ4v) is 3.53. The minimum absolute atomic E-state index is 0.0658. The van der Waals surface area contributed by atoms with Crippen LogP contribution in [-0.2, 0) is 6.42 Å². The summed E-state index contributed by atoms with van der Waals surface area (Å²) in [5, 5.41) is 0.849. The second-order valence-corrected chi connectivity index (χ2v) is 6.11. The lowest BCUT2D eigenvalue weighted by Gasteiger charge is -2.29. The number of ether oxygens (including phenoxy) is 1. The van der Waals surface area contributed by atoms with Crippen molar-refractivity contribution in [1.82, 2.24) is 0 Å².